The smallest absolute Gasteiger partial charge is 0.262 e. The van der Waals surface area contributed by atoms with Crippen molar-refractivity contribution in [1.82, 2.24) is 24.1 Å². The van der Waals surface area contributed by atoms with Crippen LogP contribution in [0.1, 0.15) is 31.2 Å². The Bertz CT molecular complexity index is 1170. The van der Waals surface area contributed by atoms with Gasteiger partial charge in [-0.2, -0.15) is 4.31 Å². The summed E-state index contributed by atoms with van der Waals surface area (Å²) in [5.41, 5.74) is 2.39. The first-order chi connectivity index (χ1) is 17.2. The van der Waals surface area contributed by atoms with E-state index in [-0.39, 0.29) is 42.3 Å². The van der Waals surface area contributed by atoms with Crippen molar-refractivity contribution in [3.63, 3.8) is 0 Å². The summed E-state index contributed by atoms with van der Waals surface area (Å²) in [5.74, 6) is -0.379. The number of carbonyl (C=O) groups excluding carboxylic acids is 2. The molecule has 2 amide bonds. The van der Waals surface area contributed by atoms with Gasteiger partial charge in [0.25, 0.3) is 10.0 Å². The van der Waals surface area contributed by atoms with E-state index in [1.807, 2.05) is 4.90 Å². The Morgan fingerprint density at radius 1 is 1.08 bits per heavy atom. The van der Waals surface area contributed by atoms with Crippen LogP contribution in [-0.2, 0) is 26.7 Å². The van der Waals surface area contributed by atoms with Crippen molar-refractivity contribution >= 4 is 27.5 Å². The lowest BCUT2D eigenvalue weighted by molar-refractivity contribution is -0.136. The second-order valence-corrected chi connectivity index (χ2v) is 11.5. The summed E-state index contributed by atoms with van der Waals surface area (Å²) in [6.45, 7) is 5.66. The lowest BCUT2D eigenvalue weighted by Crippen LogP contribution is -2.50. The summed E-state index contributed by atoms with van der Waals surface area (Å²) in [6, 6.07) is 8.39. The zero-order valence-corrected chi connectivity index (χ0v) is 21.9. The van der Waals surface area contributed by atoms with Crippen LogP contribution in [0.2, 0.25) is 0 Å². The number of piperazine rings is 1. The van der Waals surface area contributed by atoms with Gasteiger partial charge in [-0.25, -0.2) is 13.4 Å². The quantitative estimate of drug-likeness (QED) is 0.658. The Morgan fingerprint density at radius 3 is 2.56 bits per heavy atom. The number of benzene rings is 1. The molecule has 0 saturated carbocycles. The minimum Gasteiger partial charge on any atom is -0.368 e. The Hall–Kier alpha value is -2.92. The number of imidazole rings is 1. The van der Waals surface area contributed by atoms with Crippen LogP contribution in [0.4, 0.5) is 5.69 Å². The van der Waals surface area contributed by atoms with E-state index in [4.69, 9.17) is 0 Å². The van der Waals surface area contributed by atoms with E-state index < -0.39 is 10.0 Å². The number of aryl methyl sites for hydroxylation is 2. The fourth-order valence-electron chi connectivity index (χ4n) is 4.88. The van der Waals surface area contributed by atoms with Crippen molar-refractivity contribution in [2.24, 2.45) is 13.0 Å². The number of rotatable bonds is 4. The first-order valence-corrected chi connectivity index (χ1v) is 14.0. The number of hydrogen-bond donors (Lipinski definition) is 1. The number of nitrogens with one attached hydrogen (secondary N) is 1. The van der Waals surface area contributed by atoms with Crippen LogP contribution in [0.15, 0.2) is 41.8 Å². The zero-order chi connectivity index (χ0) is 25.7. The van der Waals surface area contributed by atoms with Crippen LogP contribution in [0, 0.1) is 12.8 Å². The second kappa shape index (κ2) is 11.4. The number of nitrogens with zero attached hydrogens (tertiary/aromatic N) is 5. The van der Waals surface area contributed by atoms with Gasteiger partial charge in [0.1, 0.15) is 0 Å². The van der Waals surface area contributed by atoms with E-state index in [9.17, 15) is 18.0 Å². The highest BCUT2D eigenvalue weighted by Crippen LogP contribution is 2.22. The minimum atomic E-state index is -3.82. The average Bonchev–Trinajstić information content (AvgIpc) is 3.30. The summed E-state index contributed by atoms with van der Waals surface area (Å²) in [5, 5.41) is 2.83. The molecule has 2 aliphatic heterocycles. The largest absolute Gasteiger partial charge is 0.368 e. The lowest BCUT2D eigenvalue weighted by atomic mass is 9.97. The lowest BCUT2D eigenvalue weighted by Gasteiger charge is -2.38. The van der Waals surface area contributed by atoms with Crippen LogP contribution in [0.3, 0.4) is 0 Å². The Morgan fingerprint density at radius 2 is 1.86 bits per heavy atom. The maximum absolute atomic E-state index is 13.4. The summed E-state index contributed by atoms with van der Waals surface area (Å²) in [4.78, 5) is 34.0. The molecule has 10 nitrogen and oxygen atoms in total. The molecular weight excluding hydrogens is 480 g/mol. The summed E-state index contributed by atoms with van der Waals surface area (Å²) in [7, 11) is -2.11. The molecule has 0 spiro atoms. The standard InChI is InChI=1S/C25H36N6O4S/c1-20-5-3-7-22(17-20)29-13-15-30(16-14-29)25(33)21-6-4-11-31(12-9-23(32)26-10-8-21)36(34,35)24-18-28(2)19-27-24/h3,5,7,17-19,21H,4,6,8-16H2,1-2H3,(H,26,32). The van der Waals surface area contributed by atoms with E-state index in [2.05, 4.69) is 46.4 Å². The molecule has 36 heavy (non-hydrogen) atoms. The van der Waals surface area contributed by atoms with E-state index in [1.54, 1.807) is 11.6 Å². The molecule has 1 atom stereocenters. The Kier molecular flexibility index (Phi) is 8.30. The molecule has 1 N–H and O–H groups in total. The van der Waals surface area contributed by atoms with Gasteiger partial charge < -0.3 is 19.7 Å². The molecule has 3 heterocycles. The predicted octanol–water partition coefficient (Wildman–Crippen LogP) is 1.37. The van der Waals surface area contributed by atoms with Crippen LogP contribution in [0.5, 0.6) is 0 Å². The molecule has 11 heteroatoms. The molecule has 2 saturated heterocycles. The van der Waals surface area contributed by atoms with Gasteiger partial charge in [-0.1, -0.05) is 12.1 Å². The fourth-order valence-corrected chi connectivity index (χ4v) is 6.33. The maximum atomic E-state index is 13.4. The number of carbonyl (C=O) groups is 2. The van der Waals surface area contributed by atoms with Gasteiger partial charge >= 0.3 is 0 Å². The fraction of sp³-hybridized carbons (Fsp3) is 0.560. The van der Waals surface area contributed by atoms with Crippen molar-refractivity contribution in [3.8, 4) is 0 Å². The van der Waals surface area contributed by atoms with Crippen molar-refractivity contribution in [2.45, 2.75) is 37.6 Å². The second-order valence-electron chi connectivity index (χ2n) is 9.66. The molecule has 196 valence electrons. The highest BCUT2D eigenvalue weighted by Gasteiger charge is 2.31. The van der Waals surface area contributed by atoms with E-state index in [1.165, 1.54) is 28.1 Å². The summed E-state index contributed by atoms with van der Waals surface area (Å²) in [6.07, 6.45) is 4.64. The molecule has 2 aliphatic rings. The Labute approximate surface area is 213 Å². The van der Waals surface area contributed by atoms with Crippen LogP contribution < -0.4 is 10.2 Å². The molecule has 4 rings (SSSR count). The van der Waals surface area contributed by atoms with Crippen LogP contribution >= 0.6 is 0 Å². The highest BCUT2D eigenvalue weighted by molar-refractivity contribution is 7.89. The molecule has 0 aliphatic carbocycles. The molecule has 1 unspecified atom stereocenters. The molecule has 0 bridgehead atoms. The normalized spacial score (nSPS) is 21.1. The van der Waals surface area contributed by atoms with Gasteiger partial charge in [0, 0.05) is 77.1 Å². The van der Waals surface area contributed by atoms with Gasteiger partial charge in [-0.3, -0.25) is 9.59 Å². The molecular formula is C25H36N6O4S. The first-order valence-electron chi connectivity index (χ1n) is 12.6. The third kappa shape index (κ3) is 6.25. The maximum Gasteiger partial charge on any atom is 0.262 e. The van der Waals surface area contributed by atoms with Crippen LogP contribution in [0.25, 0.3) is 0 Å². The van der Waals surface area contributed by atoms with E-state index in [0.717, 1.165) is 13.1 Å². The Balaban J connectivity index is 1.39. The number of amides is 2. The average molecular weight is 517 g/mol. The number of aromatic nitrogens is 2. The molecule has 2 aromatic rings. The van der Waals surface area contributed by atoms with Crippen molar-refractivity contribution < 1.29 is 18.0 Å². The van der Waals surface area contributed by atoms with Crippen LogP contribution in [-0.4, -0.2) is 84.8 Å². The first kappa shape index (κ1) is 26.2. The zero-order valence-electron chi connectivity index (χ0n) is 21.1. The number of hydrogen-bond acceptors (Lipinski definition) is 6. The number of sulfonamides is 1. The summed E-state index contributed by atoms with van der Waals surface area (Å²) >= 11 is 0. The SMILES string of the molecule is Cc1cccc(N2CCN(C(=O)C3CCCN(S(=O)(=O)c4cn(C)cn4)CCC(=O)NCC3)CC2)c1. The van der Waals surface area contributed by atoms with Gasteiger partial charge in [0.2, 0.25) is 11.8 Å². The summed E-state index contributed by atoms with van der Waals surface area (Å²) < 4.78 is 29.2. The monoisotopic (exact) mass is 516 g/mol. The van der Waals surface area contributed by atoms with E-state index in [0.29, 0.717) is 38.9 Å². The van der Waals surface area contributed by atoms with Crippen molar-refractivity contribution in [2.75, 3.05) is 50.7 Å². The van der Waals surface area contributed by atoms with E-state index >= 15 is 0 Å². The number of anilines is 1. The third-order valence-corrected chi connectivity index (χ3v) is 8.74. The topological polar surface area (TPSA) is 108 Å². The van der Waals surface area contributed by atoms with Crippen molar-refractivity contribution in [3.05, 3.63) is 42.4 Å². The molecule has 2 fully saturated rings. The molecule has 0 radical (unpaired) electrons. The third-order valence-electron chi connectivity index (χ3n) is 6.96. The van der Waals surface area contributed by atoms with Gasteiger partial charge in [-0.05, 0) is 43.9 Å². The van der Waals surface area contributed by atoms with Crippen molar-refractivity contribution in [1.29, 1.82) is 0 Å². The van der Waals surface area contributed by atoms with Gasteiger partial charge in [-0.15, -0.1) is 0 Å². The molecule has 1 aromatic heterocycles. The molecule has 1 aromatic carbocycles. The van der Waals surface area contributed by atoms with Gasteiger partial charge in [0.15, 0.2) is 5.03 Å². The van der Waals surface area contributed by atoms with Gasteiger partial charge in [0.05, 0.1) is 6.33 Å². The minimum absolute atomic E-state index is 0.0283. The predicted molar refractivity (Wildman–Crippen MR) is 137 cm³/mol. The highest BCUT2D eigenvalue weighted by atomic mass is 32.2.